The van der Waals surface area contributed by atoms with Crippen molar-refractivity contribution in [2.24, 2.45) is 11.1 Å². The number of likely N-dealkylation sites (tertiary alicyclic amines) is 1. The highest BCUT2D eigenvalue weighted by molar-refractivity contribution is 7.80. The first kappa shape index (κ1) is 12.7. The molecule has 6 heteroatoms. The molecule has 3 N–H and O–H groups in total. The maximum atomic E-state index is 12.0. The Bertz CT molecular complexity index is 337. The Morgan fingerprint density at radius 1 is 1.59 bits per heavy atom. The van der Waals surface area contributed by atoms with Gasteiger partial charge >= 0.3 is 0 Å². The minimum absolute atomic E-state index is 0.0845. The average molecular weight is 257 g/mol. The largest absolute Gasteiger partial charge is 0.356 e. The van der Waals surface area contributed by atoms with E-state index in [9.17, 15) is 9.59 Å². The molecule has 0 saturated carbocycles. The predicted octanol–water partition coefficient (Wildman–Crippen LogP) is -0.628. The van der Waals surface area contributed by atoms with Gasteiger partial charge in [0, 0.05) is 25.4 Å². The molecule has 0 aliphatic carbocycles. The number of carbonyl (C=O) groups is 2. The third kappa shape index (κ3) is 2.28. The summed E-state index contributed by atoms with van der Waals surface area (Å²) < 4.78 is 0. The summed E-state index contributed by atoms with van der Waals surface area (Å²) in [6.45, 7) is 1.94. The number of nitrogens with one attached hydrogen (secondary N) is 1. The number of nitrogens with two attached hydrogens (primary N) is 1. The summed E-state index contributed by atoms with van der Waals surface area (Å²) in [6.07, 6.45) is 2.57. The SMILES string of the molecule is N[C@@H](CS)C(=O)N1CCCC2(CCNC2=O)C1. The maximum absolute atomic E-state index is 12.0. The summed E-state index contributed by atoms with van der Waals surface area (Å²) in [6, 6.07) is -0.557. The molecule has 0 aromatic carbocycles. The molecule has 2 atom stereocenters. The smallest absolute Gasteiger partial charge is 0.240 e. The number of thiol groups is 1. The highest BCUT2D eigenvalue weighted by atomic mass is 32.1. The summed E-state index contributed by atoms with van der Waals surface area (Å²) in [5.74, 6) is 0.349. The van der Waals surface area contributed by atoms with Gasteiger partial charge in [-0.05, 0) is 19.3 Å². The van der Waals surface area contributed by atoms with E-state index in [4.69, 9.17) is 5.73 Å². The lowest BCUT2D eigenvalue weighted by Gasteiger charge is -2.39. The van der Waals surface area contributed by atoms with Crippen LogP contribution in [-0.2, 0) is 9.59 Å². The van der Waals surface area contributed by atoms with E-state index in [0.717, 1.165) is 25.8 Å². The number of nitrogens with zero attached hydrogens (tertiary/aromatic N) is 1. The fourth-order valence-electron chi connectivity index (χ4n) is 2.74. The third-order valence-electron chi connectivity index (χ3n) is 3.77. The van der Waals surface area contributed by atoms with Gasteiger partial charge in [0.25, 0.3) is 0 Å². The topological polar surface area (TPSA) is 75.4 Å². The molecule has 2 rings (SSSR count). The summed E-state index contributed by atoms with van der Waals surface area (Å²) >= 11 is 4.04. The van der Waals surface area contributed by atoms with E-state index in [0.29, 0.717) is 18.8 Å². The van der Waals surface area contributed by atoms with E-state index in [1.165, 1.54) is 0 Å². The van der Waals surface area contributed by atoms with E-state index in [-0.39, 0.29) is 17.2 Å². The van der Waals surface area contributed by atoms with Crippen LogP contribution >= 0.6 is 12.6 Å². The van der Waals surface area contributed by atoms with Crippen molar-refractivity contribution in [3.8, 4) is 0 Å². The molecule has 2 amide bonds. The second kappa shape index (κ2) is 4.86. The van der Waals surface area contributed by atoms with Crippen molar-refractivity contribution >= 4 is 24.4 Å². The first-order valence-corrected chi connectivity index (χ1v) is 6.66. The number of hydrogen-bond donors (Lipinski definition) is 3. The highest BCUT2D eigenvalue weighted by Crippen LogP contribution is 2.36. The molecule has 96 valence electrons. The van der Waals surface area contributed by atoms with Crippen LogP contribution in [0, 0.1) is 5.41 Å². The van der Waals surface area contributed by atoms with Crippen molar-refractivity contribution in [3.05, 3.63) is 0 Å². The van der Waals surface area contributed by atoms with Crippen LogP contribution in [0.2, 0.25) is 0 Å². The standard InChI is InChI=1S/C11H19N3O2S/c12-8(6-17)9(15)14-5-1-2-11(7-14)3-4-13-10(11)16/h8,17H,1-7,12H2,(H,13,16)/t8-,11?/m0/s1. The Balaban J connectivity index is 2.07. The van der Waals surface area contributed by atoms with Crippen LogP contribution in [0.1, 0.15) is 19.3 Å². The quantitative estimate of drug-likeness (QED) is 0.577. The lowest BCUT2D eigenvalue weighted by atomic mass is 9.78. The van der Waals surface area contributed by atoms with E-state index in [1.54, 1.807) is 4.90 Å². The Labute approximate surface area is 107 Å². The van der Waals surface area contributed by atoms with Gasteiger partial charge in [0.05, 0.1) is 11.5 Å². The Kier molecular flexibility index (Phi) is 3.63. The first-order valence-electron chi connectivity index (χ1n) is 6.03. The fraction of sp³-hybridized carbons (Fsp3) is 0.818. The van der Waals surface area contributed by atoms with Crippen LogP contribution in [0.4, 0.5) is 0 Å². The summed E-state index contributed by atoms with van der Waals surface area (Å²) in [5, 5.41) is 2.86. The van der Waals surface area contributed by atoms with Gasteiger partial charge in [-0.15, -0.1) is 0 Å². The minimum Gasteiger partial charge on any atom is -0.356 e. The molecule has 2 heterocycles. The van der Waals surface area contributed by atoms with Crippen molar-refractivity contribution < 1.29 is 9.59 Å². The molecule has 2 aliphatic rings. The molecule has 2 fully saturated rings. The molecule has 0 bridgehead atoms. The number of piperidine rings is 1. The van der Waals surface area contributed by atoms with Gasteiger partial charge in [0.2, 0.25) is 11.8 Å². The molecule has 0 radical (unpaired) electrons. The van der Waals surface area contributed by atoms with Gasteiger partial charge in [0.1, 0.15) is 0 Å². The first-order chi connectivity index (χ1) is 8.09. The fourth-order valence-corrected chi connectivity index (χ4v) is 2.89. The normalized spacial score (nSPS) is 30.5. The molecule has 1 unspecified atom stereocenters. The van der Waals surface area contributed by atoms with Crippen LogP contribution in [0.5, 0.6) is 0 Å². The van der Waals surface area contributed by atoms with Gasteiger partial charge in [0.15, 0.2) is 0 Å². The number of hydrogen-bond acceptors (Lipinski definition) is 4. The van der Waals surface area contributed by atoms with Crippen molar-refractivity contribution in [2.45, 2.75) is 25.3 Å². The Hall–Kier alpha value is -0.750. The van der Waals surface area contributed by atoms with Gasteiger partial charge < -0.3 is 16.0 Å². The van der Waals surface area contributed by atoms with E-state index in [2.05, 4.69) is 17.9 Å². The molecule has 2 aliphatic heterocycles. The molecular weight excluding hydrogens is 238 g/mol. The molecule has 1 spiro atoms. The van der Waals surface area contributed by atoms with Crippen molar-refractivity contribution in [1.29, 1.82) is 0 Å². The molecular formula is C11H19N3O2S. The zero-order valence-corrected chi connectivity index (χ0v) is 10.7. The molecule has 0 aromatic heterocycles. The summed E-state index contributed by atoms with van der Waals surface area (Å²) in [7, 11) is 0. The van der Waals surface area contributed by atoms with Crippen LogP contribution in [0.3, 0.4) is 0 Å². The molecule has 0 aromatic rings. The lowest BCUT2D eigenvalue weighted by Crippen LogP contribution is -2.53. The zero-order valence-electron chi connectivity index (χ0n) is 9.82. The van der Waals surface area contributed by atoms with Gasteiger partial charge in [-0.25, -0.2) is 0 Å². The monoisotopic (exact) mass is 257 g/mol. The summed E-state index contributed by atoms with van der Waals surface area (Å²) in [4.78, 5) is 25.6. The highest BCUT2D eigenvalue weighted by Gasteiger charge is 2.46. The van der Waals surface area contributed by atoms with Crippen molar-refractivity contribution in [1.82, 2.24) is 10.2 Å². The van der Waals surface area contributed by atoms with Gasteiger partial charge in [-0.1, -0.05) is 0 Å². The number of amides is 2. The lowest BCUT2D eigenvalue weighted by molar-refractivity contribution is -0.139. The Morgan fingerprint density at radius 2 is 2.35 bits per heavy atom. The minimum atomic E-state index is -0.557. The van der Waals surface area contributed by atoms with E-state index in [1.807, 2.05) is 0 Å². The second-order valence-corrected chi connectivity index (χ2v) is 5.30. The van der Waals surface area contributed by atoms with Crippen molar-refractivity contribution in [2.75, 3.05) is 25.4 Å². The maximum Gasteiger partial charge on any atom is 0.240 e. The van der Waals surface area contributed by atoms with E-state index >= 15 is 0 Å². The van der Waals surface area contributed by atoms with Crippen LogP contribution < -0.4 is 11.1 Å². The van der Waals surface area contributed by atoms with E-state index < -0.39 is 6.04 Å². The predicted molar refractivity (Wildman–Crippen MR) is 67.7 cm³/mol. The van der Waals surface area contributed by atoms with Crippen LogP contribution in [0.15, 0.2) is 0 Å². The second-order valence-electron chi connectivity index (χ2n) is 4.94. The van der Waals surface area contributed by atoms with Gasteiger partial charge in [-0.2, -0.15) is 12.6 Å². The van der Waals surface area contributed by atoms with Crippen LogP contribution in [-0.4, -0.2) is 48.1 Å². The average Bonchev–Trinajstić information content (AvgIpc) is 2.69. The Morgan fingerprint density at radius 3 is 2.94 bits per heavy atom. The molecule has 2 saturated heterocycles. The number of carbonyl (C=O) groups excluding carboxylic acids is 2. The van der Waals surface area contributed by atoms with Crippen molar-refractivity contribution in [3.63, 3.8) is 0 Å². The third-order valence-corrected chi connectivity index (χ3v) is 4.17. The number of rotatable bonds is 2. The van der Waals surface area contributed by atoms with Gasteiger partial charge in [-0.3, -0.25) is 9.59 Å². The van der Waals surface area contributed by atoms with Crippen LogP contribution in [0.25, 0.3) is 0 Å². The molecule has 17 heavy (non-hydrogen) atoms. The molecule has 5 nitrogen and oxygen atoms in total. The zero-order chi connectivity index (χ0) is 12.5. The summed E-state index contributed by atoms with van der Waals surface area (Å²) in [5.41, 5.74) is 5.34.